The van der Waals surface area contributed by atoms with E-state index < -0.39 is 0 Å². The predicted octanol–water partition coefficient (Wildman–Crippen LogP) is 2.98. The molecule has 0 aliphatic heterocycles. The van der Waals surface area contributed by atoms with Crippen LogP contribution in [0, 0.1) is 6.92 Å². The first-order valence-electron chi connectivity index (χ1n) is 7.89. The van der Waals surface area contributed by atoms with E-state index in [0.29, 0.717) is 24.6 Å². The fraction of sp³-hybridized carbons (Fsp3) is 0.471. The van der Waals surface area contributed by atoms with Gasteiger partial charge in [0, 0.05) is 13.3 Å². The number of ether oxygens (including phenoxy) is 1. The summed E-state index contributed by atoms with van der Waals surface area (Å²) in [4.78, 5) is 16.1. The van der Waals surface area contributed by atoms with Crippen molar-refractivity contribution >= 4 is 5.91 Å². The third kappa shape index (κ3) is 5.39. The number of hydrogen-bond donors (Lipinski definition) is 1. The van der Waals surface area contributed by atoms with Gasteiger partial charge in [-0.15, -0.1) is 0 Å². The summed E-state index contributed by atoms with van der Waals surface area (Å²) in [5.74, 6) is 1.81. The molecule has 0 spiro atoms. The van der Waals surface area contributed by atoms with Crippen LogP contribution < -0.4 is 10.1 Å². The number of aryl methyl sites for hydroxylation is 2. The van der Waals surface area contributed by atoms with Crippen molar-refractivity contribution in [1.82, 2.24) is 15.5 Å². The first-order chi connectivity index (χ1) is 11.1. The Labute approximate surface area is 136 Å². The fourth-order valence-electron chi connectivity index (χ4n) is 2.10. The second-order valence-corrected chi connectivity index (χ2v) is 5.45. The third-order valence-electron chi connectivity index (χ3n) is 3.35. The van der Waals surface area contributed by atoms with Crippen LogP contribution in [0.5, 0.6) is 5.75 Å². The number of carbonyl (C=O) groups is 1. The lowest BCUT2D eigenvalue weighted by Gasteiger charge is -2.10. The van der Waals surface area contributed by atoms with Crippen molar-refractivity contribution in [2.75, 3.05) is 6.61 Å². The topological polar surface area (TPSA) is 77.2 Å². The van der Waals surface area contributed by atoms with E-state index in [0.717, 1.165) is 24.3 Å². The zero-order chi connectivity index (χ0) is 16.7. The molecule has 1 aromatic heterocycles. The molecule has 1 heterocycles. The molecule has 0 fully saturated rings. The highest BCUT2D eigenvalue weighted by Gasteiger charge is 2.14. The summed E-state index contributed by atoms with van der Waals surface area (Å²) in [5, 5.41) is 6.68. The van der Waals surface area contributed by atoms with Gasteiger partial charge in [0.2, 0.25) is 11.8 Å². The predicted molar refractivity (Wildman–Crippen MR) is 86.1 cm³/mol. The molecule has 0 aliphatic rings. The molecule has 0 unspecified atom stereocenters. The molecule has 1 atom stereocenters. The van der Waals surface area contributed by atoms with Crippen LogP contribution in [0.25, 0.3) is 0 Å². The summed E-state index contributed by atoms with van der Waals surface area (Å²) < 4.78 is 10.4. The minimum Gasteiger partial charge on any atom is -0.494 e. The molecule has 0 radical (unpaired) electrons. The van der Waals surface area contributed by atoms with Crippen LogP contribution >= 0.6 is 0 Å². The van der Waals surface area contributed by atoms with Crippen LogP contribution in [0.15, 0.2) is 28.8 Å². The maximum Gasteiger partial charge on any atom is 0.223 e. The zero-order valence-electron chi connectivity index (χ0n) is 13.8. The molecule has 0 aliphatic carbocycles. The van der Waals surface area contributed by atoms with Gasteiger partial charge in [-0.05, 0) is 37.5 Å². The Morgan fingerprint density at radius 2 is 2.09 bits per heavy atom. The van der Waals surface area contributed by atoms with E-state index in [1.54, 1.807) is 6.92 Å². The van der Waals surface area contributed by atoms with Crippen molar-refractivity contribution < 1.29 is 14.1 Å². The number of rotatable bonds is 8. The molecule has 1 aromatic carbocycles. The zero-order valence-corrected chi connectivity index (χ0v) is 13.8. The average molecular weight is 317 g/mol. The number of nitrogens with zero attached hydrogens (tertiary/aromatic N) is 2. The largest absolute Gasteiger partial charge is 0.494 e. The molecule has 2 aromatic rings. The van der Waals surface area contributed by atoms with Crippen molar-refractivity contribution in [2.45, 2.75) is 46.1 Å². The second kappa shape index (κ2) is 8.31. The minimum absolute atomic E-state index is 0.0359. The second-order valence-electron chi connectivity index (χ2n) is 5.45. The van der Waals surface area contributed by atoms with Crippen molar-refractivity contribution in [3.05, 3.63) is 41.5 Å². The fourth-order valence-corrected chi connectivity index (χ4v) is 2.10. The Morgan fingerprint density at radius 1 is 1.35 bits per heavy atom. The van der Waals surface area contributed by atoms with Crippen molar-refractivity contribution in [1.29, 1.82) is 0 Å². The van der Waals surface area contributed by atoms with Gasteiger partial charge in [0.05, 0.1) is 12.6 Å². The van der Waals surface area contributed by atoms with Crippen LogP contribution in [-0.4, -0.2) is 22.7 Å². The standard InChI is InChI=1S/C17H23N3O3/c1-4-11-22-15-8-5-14(6-9-15)7-10-16(21)18-12(2)17-19-13(3)23-20-17/h5-6,8-9,12H,4,7,10-11H2,1-3H3,(H,18,21)/t12-/m0/s1. The highest BCUT2D eigenvalue weighted by atomic mass is 16.5. The summed E-state index contributed by atoms with van der Waals surface area (Å²) in [6.07, 6.45) is 2.08. The minimum atomic E-state index is -0.259. The van der Waals surface area contributed by atoms with E-state index in [1.165, 1.54) is 0 Å². The van der Waals surface area contributed by atoms with E-state index in [2.05, 4.69) is 22.4 Å². The van der Waals surface area contributed by atoms with Gasteiger partial charge < -0.3 is 14.6 Å². The Bertz CT molecular complexity index is 622. The average Bonchev–Trinajstić information content (AvgIpc) is 2.98. The molecular formula is C17H23N3O3. The molecule has 23 heavy (non-hydrogen) atoms. The quantitative estimate of drug-likeness (QED) is 0.810. The van der Waals surface area contributed by atoms with E-state index >= 15 is 0 Å². The first-order valence-corrected chi connectivity index (χ1v) is 7.89. The van der Waals surface area contributed by atoms with Crippen LogP contribution in [0.2, 0.25) is 0 Å². The summed E-state index contributed by atoms with van der Waals surface area (Å²) >= 11 is 0. The van der Waals surface area contributed by atoms with Crippen molar-refractivity contribution in [2.24, 2.45) is 0 Å². The molecule has 1 N–H and O–H groups in total. The van der Waals surface area contributed by atoms with Gasteiger partial charge >= 0.3 is 0 Å². The third-order valence-corrected chi connectivity index (χ3v) is 3.35. The highest BCUT2D eigenvalue weighted by molar-refractivity contribution is 5.76. The molecule has 6 heteroatoms. The maximum atomic E-state index is 12.0. The Morgan fingerprint density at radius 3 is 2.70 bits per heavy atom. The Hall–Kier alpha value is -2.37. The van der Waals surface area contributed by atoms with Crippen LogP contribution in [-0.2, 0) is 11.2 Å². The van der Waals surface area contributed by atoms with Gasteiger partial charge in [-0.2, -0.15) is 4.98 Å². The Balaban J connectivity index is 1.77. The van der Waals surface area contributed by atoms with Gasteiger partial charge in [0.15, 0.2) is 5.82 Å². The SMILES string of the molecule is CCCOc1ccc(CCC(=O)N[C@@H](C)c2noc(C)n2)cc1. The number of amides is 1. The smallest absolute Gasteiger partial charge is 0.223 e. The molecule has 0 saturated heterocycles. The van der Waals surface area contributed by atoms with Gasteiger partial charge in [0.25, 0.3) is 0 Å². The first kappa shape index (κ1) is 17.0. The van der Waals surface area contributed by atoms with E-state index in [-0.39, 0.29) is 11.9 Å². The van der Waals surface area contributed by atoms with E-state index in [1.807, 2.05) is 31.2 Å². The van der Waals surface area contributed by atoms with Crippen LogP contribution in [0.1, 0.15) is 50.0 Å². The number of carbonyl (C=O) groups excluding carboxylic acids is 1. The molecule has 2 rings (SSSR count). The molecule has 0 saturated carbocycles. The van der Waals surface area contributed by atoms with Crippen molar-refractivity contribution in [3.63, 3.8) is 0 Å². The molecule has 1 amide bonds. The normalized spacial score (nSPS) is 12.0. The molecule has 6 nitrogen and oxygen atoms in total. The lowest BCUT2D eigenvalue weighted by atomic mass is 10.1. The summed E-state index contributed by atoms with van der Waals surface area (Å²) in [6.45, 7) is 6.35. The van der Waals surface area contributed by atoms with E-state index in [9.17, 15) is 4.79 Å². The number of hydrogen-bond acceptors (Lipinski definition) is 5. The maximum absolute atomic E-state index is 12.0. The van der Waals surface area contributed by atoms with Crippen LogP contribution in [0.4, 0.5) is 0 Å². The lowest BCUT2D eigenvalue weighted by molar-refractivity contribution is -0.121. The van der Waals surface area contributed by atoms with Gasteiger partial charge in [-0.3, -0.25) is 4.79 Å². The summed E-state index contributed by atoms with van der Waals surface area (Å²) in [5.41, 5.74) is 1.10. The number of aromatic nitrogens is 2. The number of benzene rings is 1. The Kier molecular flexibility index (Phi) is 6.14. The van der Waals surface area contributed by atoms with Crippen molar-refractivity contribution in [3.8, 4) is 5.75 Å². The van der Waals surface area contributed by atoms with E-state index in [4.69, 9.17) is 9.26 Å². The molecule has 124 valence electrons. The van der Waals surface area contributed by atoms with Crippen LogP contribution in [0.3, 0.4) is 0 Å². The van der Waals surface area contributed by atoms with Gasteiger partial charge in [0.1, 0.15) is 5.75 Å². The summed E-state index contributed by atoms with van der Waals surface area (Å²) in [7, 11) is 0. The summed E-state index contributed by atoms with van der Waals surface area (Å²) in [6, 6.07) is 7.60. The highest BCUT2D eigenvalue weighted by Crippen LogP contribution is 2.14. The monoisotopic (exact) mass is 317 g/mol. The molecule has 0 bridgehead atoms. The van der Waals surface area contributed by atoms with Gasteiger partial charge in [-0.25, -0.2) is 0 Å². The van der Waals surface area contributed by atoms with Gasteiger partial charge in [-0.1, -0.05) is 24.2 Å². The molecular weight excluding hydrogens is 294 g/mol. The lowest BCUT2D eigenvalue weighted by Crippen LogP contribution is -2.27. The number of nitrogens with one attached hydrogen (secondary N) is 1.